The topological polar surface area (TPSA) is 69.7 Å². The second kappa shape index (κ2) is 5.11. The Kier molecular flexibility index (Phi) is 3.29. The summed E-state index contributed by atoms with van der Waals surface area (Å²) in [7, 11) is 0. The van der Waals surface area contributed by atoms with Crippen molar-refractivity contribution in [1.29, 1.82) is 0 Å². The summed E-state index contributed by atoms with van der Waals surface area (Å²) in [4.78, 5) is 36.9. The summed E-state index contributed by atoms with van der Waals surface area (Å²) in [5.74, 6) is 2.12. The minimum atomic E-state index is -0.565. The summed E-state index contributed by atoms with van der Waals surface area (Å²) in [6, 6.07) is 0. The Hall–Kier alpha value is -1.39. The van der Waals surface area contributed by atoms with Crippen molar-refractivity contribution in [3.63, 3.8) is 0 Å². The van der Waals surface area contributed by atoms with Gasteiger partial charge in [-0.2, -0.15) is 0 Å². The van der Waals surface area contributed by atoms with Gasteiger partial charge in [0.2, 0.25) is 0 Å². The lowest BCUT2D eigenvalue weighted by molar-refractivity contribution is -0.168. The summed E-state index contributed by atoms with van der Waals surface area (Å²) in [5.41, 5.74) is -1.01. The van der Waals surface area contributed by atoms with Crippen LogP contribution in [-0.2, 0) is 23.9 Å². The maximum absolute atomic E-state index is 12.6. The van der Waals surface area contributed by atoms with E-state index in [1.807, 2.05) is 20.8 Å². The van der Waals surface area contributed by atoms with Crippen LogP contribution >= 0.6 is 0 Å². The van der Waals surface area contributed by atoms with Gasteiger partial charge in [-0.1, -0.05) is 6.92 Å². The van der Waals surface area contributed by atoms with Gasteiger partial charge in [0.25, 0.3) is 0 Å². The highest BCUT2D eigenvalue weighted by Crippen LogP contribution is 2.73. The van der Waals surface area contributed by atoms with E-state index in [9.17, 15) is 14.4 Å². The molecule has 4 saturated carbocycles. The van der Waals surface area contributed by atoms with E-state index in [0.717, 1.165) is 32.1 Å². The van der Waals surface area contributed by atoms with Crippen LogP contribution < -0.4 is 0 Å². The summed E-state index contributed by atoms with van der Waals surface area (Å²) in [6.45, 7) is 5.90. The van der Waals surface area contributed by atoms with Gasteiger partial charge in [-0.3, -0.25) is 14.4 Å². The first-order chi connectivity index (χ1) is 12.3. The summed E-state index contributed by atoms with van der Waals surface area (Å²) in [6.07, 6.45) is 5.00. The molecule has 8 atom stereocenters. The molecule has 1 spiro atoms. The third-order valence-electron chi connectivity index (χ3n) is 8.74. The van der Waals surface area contributed by atoms with Gasteiger partial charge in [-0.25, -0.2) is 0 Å². The fourth-order valence-electron chi connectivity index (χ4n) is 7.31. The van der Waals surface area contributed by atoms with Crippen LogP contribution in [0.2, 0.25) is 0 Å². The zero-order valence-electron chi connectivity index (χ0n) is 15.8. The average Bonchev–Trinajstić information content (AvgIpc) is 3.34. The zero-order chi connectivity index (χ0) is 18.4. The number of rotatable bonds is 3. The molecule has 0 aromatic heterocycles. The largest absolute Gasteiger partial charge is 0.462 e. The molecular formula is C21H28O5. The predicted octanol–water partition coefficient (Wildman–Crippen LogP) is 3.11. The molecule has 1 heterocycles. The third-order valence-corrected chi connectivity index (χ3v) is 8.74. The molecule has 0 radical (unpaired) electrons. The van der Waals surface area contributed by atoms with E-state index < -0.39 is 10.8 Å². The molecule has 8 unspecified atom stereocenters. The maximum atomic E-state index is 12.6. The molecule has 4 aliphatic carbocycles. The molecule has 5 fully saturated rings. The number of cyclic esters (lactones) is 2. The van der Waals surface area contributed by atoms with Crippen molar-refractivity contribution in [2.24, 2.45) is 46.3 Å². The molecule has 1 saturated heterocycles. The van der Waals surface area contributed by atoms with Gasteiger partial charge >= 0.3 is 17.9 Å². The first-order valence-electron chi connectivity index (χ1n) is 10.2. The number of hydrogen-bond donors (Lipinski definition) is 0. The van der Waals surface area contributed by atoms with Crippen molar-refractivity contribution in [1.82, 2.24) is 0 Å². The monoisotopic (exact) mass is 360 g/mol. The summed E-state index contributed by atoms with van der Waals surface area (Å²) >= 11 is 0. The lowest BCUT2D eigenvalue weighted by atomic mass is 9.60. The van der Waals surface area contributed by atoms with E-state index >= 15 is 0 Å². The molecule has 26 heavy (non-hydrogen) atoms. The minimum absolute atomic E-state index is 0.0101. The van der Waals surface area contributed by atoms with Crippen LogP contribution in [0.4, 0.5) is 0 Å². The smallest absolute Gasteiger partial charge is 0.320 e. The fourth-order valence-corrected chi connectivity index (χ4v) is 7.31. The van der Waals surface area contributed by atoms with E-state index in [1.54, 1.807) is 0 Å². The highest BCUT2D eigenvalue weighted by atomic mass is 16.6. The van der Waals surface area contributed by atoms with Crippen molar-refractivity contribution < 1.29 is 23.9 Å². The van der Waals surface area contributed by atoms with Crippen LogP contribution in [0.25, 0.3) is 0 Å². The molecule has 5 heteroatoms. The highest BCUT2D eigenvalue weighted by Gasteiger charge is 2.73. The average molecular weight is 360 g/mol. The van der Waals surface area contributed by atoms with Gasteiger partial charge in [-0.15, -0.1) is 0 Å². The van der Waals surface area contributed by atoms with Crippen LogP contribution in [0.5, 0.6) is 0 Å². The van der Waals surface area contributed by atoms with E-state index in [1.165, 1.54) is 0 Å². The third kappa shape index (κ3) is 1.95. The molecular weight excluding hydrogens is 332 g/mol. The molecule has 142 valence electrons. The van der Waals surface area contributed by atoms with E-state index in [4.69, 9.17) is 9.47 Å². The lowest BCUT2D eigenvalue weighted by Gasteiger charge is -2.44. The molecule has 4 bridgehead atoms. The normalized spacial score (nSPS) is 48.3. The zero-order valence-corrected chi connectivity index (χ0v) is 15.8. The Morgan fingerprint density at radius 3 is 2.62 bits per heavy atom. The van der Waals surface area contributed by atoms with Gasteiger partial charge in [0.05, 0.1) is 17.3 Å². The first-order valence-corrected chi connectivity index (χ1v) is 10.2. The van der Waals surface area contributed by atoms with Gasteiger partial charge in [0, 0.05) is 0 Å². The van der Waals surface area contributed by atoms with Crippen molar-refractivity contribution in [3.8, 4) is 0 Å². The van der Waals surface area contributed by atoms with Crippen LogP contribution in [0, 0.1) is 46.3 Å². The molecule has 5 nitrogen and oxygen atoms in total. The van der Waals surface area contributed by atoms with E-state index in [0.29, 0.717) is 29.6 Å². The Bertz CT molecular complexity index is 697. The minimum Gasteiger partial charge on any atom is -0.462 e. The fraction of sp³-hybridized carbons (Fsp3) is 0.857. The number of ether oxygens (including phenoxy) is 2. The maximum Gasteiger partial charge on any atom is 0.320 e. The Balaban J connectivity index is 1.38. The van der Waals surface area contributed by atoms with Crippen molar-refractivity contribution in [2.75, 3.05) is 0 Å². The van der Waals surface area contributed by atoms with Crippen molar-refractivity contribution >= 4 is 17.9 Å². The number of esters is 3. The van der Waals surface area contributed by atoms with Crippen LogP contribution in [0.15, 0.2) is 0 Å². The SMILES string of the molecule is CCC(C)(C)C(=O)OC1CC2CC1C1C2C2CC1C1(CC(=O)OC1=O)C2. The number of fused-ring (bicyclic) bond motifs is 10. The quantitative estimate of drug-likeness (QED) is 0.439. The van der Waals surface area contributed by atoms with Crippen molar-refractivity contribution in [2.45, 2.75) is 65.4 Å². The van der Waals surface area contributed by atoms with E-state index in [-0.39, 0.29) is 36.4 Å². The standard InChI is InChI=1S/C21H28O5/c1-4-20(2,3)18(23)25-14-7-10-5-12(14)17-13-6-11(16(10)17)8-21(13)9-15(22)26-19(21)24/h10-14,16-17H,4-9H2,1-3H3. The Morgan fingerprint density at radius 2 is 1.96 bits per heavy atom. The molecule has 0 aromatic rings. The first kappa shape index (κ1) is 16.8. The molecule has 5 aliphatic rings. The lowest BCUT2D eigenvalue weighted by Crippen LogP contribution is -2.46. The molecule has 0 aromatic carbocycles. The van der Waals surface area contributed by atoms with Crippen LogP contribution in [0.3, 0.4) is 0 Å². The second-order valence-corrected chi connectivity index (χ2v) is 10.1. The number of carbonyl (C=O) groups excluding carboxylic acids is 3. The van der Waals surface area contributed by atoms with Gasteiger partial charge in [0.1, 0.15) is 6.10 Å². The number of hydrogen-bond acceptors (Lipinski definition) is 5. The van der Waals surface area contributed by atoms with Crippen molar-refractivity contribution in [3.05, 3.63) is 0 Å². The highest BCUT2D eigenvalue weighted by molar-refractivity contribution is 5.98. The predicted molar refractivity (Wildman–Crippen MR) is 91.5 cm³/mol. The van der Waals surface area contributed by atoms with E-state index in [2.05, 4.69) is 0 Å². The van der Waals surface area contributed by atoms with Gasteiger partial charge in [-0.05, 0) is 81.5 Å². The van der Waals surface area contributed by atoms with Crippen LogP contribution in [0.1, 0.15) is 59.3 Å². The molecule has 0 N–H and O–H groups in total. The second-order valence-electron chi connectivity index (χ2n) is 10.1. The molecule has 5 rings (SSSR count). The van der Waals surface area contributed by atoms with Gasteiger partial charge in [0.15, 0.2) is 0 Å². The molecule has 1 aliphatic heterocycles. The van der Waals surface area contributed by atoms with Gasteiger partial charge < -0.3 is 9.47 Å². The van der Waals surface area contributed by atoms with Crippen LogP contribution in [-0.4, -0.2) is 24.0 Å². The Labute approximate surface area is 154 Å². The number of carbonyl (C=O) groups is 3. The summed E-state index contributed by atoms with van der Waals surface area (Å²) in [5, 5.41) is 0. The summed E-state index contributed by atoms with van der Waals surface area (Å²) < 4.78 is 11.0. The molecule has 0 amide bonds. The Morgan fingerprint density at radius 1 is 1.19 bits per heavy atom.